The zero-order valence-corrected chi connectivity index (χ0v) is 21.7. The van der Waals surface area contributed by atoms with E-state index in [1.165, 1.54) is 0 Å². The fourth-order valence-electron chi connectivity index (χ4n) is 4.59. The van der Waals surface area contributed by atoms with Crippen molar-refractivity contribution >= 4 is 11.8 Å². The first kappa shape index (κ1) is 31.6. The van der Waals surface area contributed by atoms with Crippen molar-refractivity contribution in [3.63, 3.8) is 0 Å². The van der Waals surface area contributed by atoms with Crippen molar-refractivity contribution in [3.8, 4) is 0 Å². The van der Waals surface area contributed by atoms with Crippen LogP contribution in [0, 0.1) is 11.8 Å². The van der Waals surface area contributed by atoms with Gasteiger partial charge >= 0.3 is 5.97 Å². The number of ketones is 1. The van der Waals surface area contributed by atoms with E-state index in [-0.39, 0.29) is 31.3 Å². The quantitative estimate of drug-likeness (QED) is 0.105. The summed E-state index contributed by atoms with van der Waals surface area (Å²) < 4.78 is 15.5. The molecule has 0 aromatic heterocycles. The number of aliphatic hydroxyl groups is 5. The first-order chi connectivity index (χ1) is 17.8. The number of esters is 1. The highest BCUT2D eigenvalue weighted by atomic mass is 16.7. The summed E-state index contributed by atoms with van der Waals surface area (Å²) in [4.78, 5) is 24.0. The molecule has 37 heavy (non-hydrogen) atoms. The largest absolute Gasteiger partial charge is 0.463 e. The molecule has 0 spiro atoms. The van der Waals surface area contributed by atoms with Crippen LogP contribution >= 0.6 is 0 Å². The third-order valence-corrected chi connectivity index (χ3v) is 6.84. The van der Waals surface area contributed by atoms with Crippen molar-refractivity contribution in [3.05, 3.63) is 24.3 Å². The van der Waals surface area contributed by atoms with Crippen LogP contribution in [-0.2, 0) is 23.8 Å². The Bertz CT molecular complexity index is 737. The number of allylic oxidation sites excluding steroid dienone is 4. The molecule has 0 amide bonds. The smallest absolute Gasteiger partial charge is 0.305 e. The molecule has 0 aromatic carbocycles. The van der Waals surface area contributed by atoms with Crippen LogP contribution in [0.15, 0.2) is 24.3 Å². The molecule has 10 heteroatoms. The van der Waals surface area contributed by atoms with Gasteiger partial charge in [-0.25, -0.2) is 0 Å². The second kappa shape index (κ2) is 17.0. The third-order valence-electron chi connectivity index (χ3n) is 6.84. The van der Waals surface area contributed by atoms with Crippen LogP contribution in [0.4, 0.5) is 0 Å². The van der Waals surface area contributed by atoms with Gasteiger partial charge in [-0.3, -0.25) is 9.59 Å². The number of aliphatic hydroxyl groups excluding tert-OH is 5. The van der Waals surface area contributed by atoms with Crippen molar-refractivity contribution < 1.29 is 49.3 Å². The average molecular weight is 529 g/mol. The predicted octanol–water partition coefficient (Wildman–Crippen LogP) is 1.17. The van der Waals surface area contributed by atoms with E-state index >= 15 is 0 Å². The number of ether oxygens (including phenoxy) is 3. The summed E-state index contributed by atoms with van der Waals surface area (Å²) in [6.07, 6.45) is 7.40. The van der Waals surface area contributed by atoms with E-state index in [1.807, 2.05) is 6.08 Å². The fraction of sp³-hybridized carbons (Fsp3) is 0.778. The molecule has 2 rings (SSSR count). The molecule has 0 radical (unpaired) electrons. The fourth-order valence-corrected chi connectivity index (χ4v) is 4.59. The van der Waals surface area contributed by atoms with Crippen LogP contribution in [-0.4, -0.2) is 93.9 Å². The molecule has 1 saturated heterocycles. The van der Waals surface area contributed by atoms with Crippen LogP contribution in [0.25, 0.3) is 0 Å². The van der Waals surface area contributed by atoms with E-state index in [4.69, 9.17) is 14.2 Å². The standard InChI is InChI=1S/C27H44O10/c1-2-3-7-11-20-18(13-14-21(20)30)10-8-5-4-6-9-12-23(31)35-16-19(29)17-36-27-26(34)25(33)24(32)22(15-28)37-27/h3,7,13-14,18-20,22,24-29,32-34H,2,4-6,8-12,15-17H2,1H3/b7-3-/t18-,19-,20-,22+,24-,25-,26+,27+/m0/s1. The highest BCUT2D eigenvalue weighted by Crippen LogP contribution is 2.30. The Morgan fingerprint density at radius 2 is 1.78 bits per heavy atom. The Labute approximate surface area is 218 Å². The summed E-state index contributed by atoms with van der Waals surface area (Å²) in [7, 11) is 0. The Kier molecular flexibility index (Phi) is 14.5. The molecular formula is C27H44O10. The molecule has 5 N–H and O–H groups in total. The van der Waals surface area contributed by atoms with Gasteiger partial charge in [-0.1, -0.05) is 50.8 Å². The maximum Gasteiger partial charge on any atom is 0.305 e. The second-order valence-corrected chi connectivity index (χ2v) is 9.82. The summed E-state index contributed by atoms with van der Waals surface area (Å²) in [5.41, 5.74) is 0. The monoisotopic (exact) mass is 528 g/mol. The molecule has 0 unspecified atom stereocenters. The molecule has 8 atom stereocenters. The Hall–Kier alpha value is -1.66. The number of carbonyl (C=O) groups excluding carboxylic acids is 2. The summed E-state index contributed by atoms with van der Waals surface area (Å²) >= 11 is 0. The van der Waals surface area contributed by atoms with Gasteiger partial charge < -0.3 is 39.7 Å². The van der Waals surface area contributed by atoms with Crippen molar-refractivity contribution in [2.75, 3.05) is 19.8 Å². The van der Waals surface area contributed by atoms with Gasteiger partial charge in [0.25, 0.3) is 0 Å². The predicted molar refractivity (Wildman–Crippen MR) is 134 cm³/mol. The Balaban J connectivity index is 1.51. The molecular weight excluding hydrogens is 484 g/mol. The molecule has 0 aromatic rings. The Morgan fingerprint density at radius 3 is 2.51 bits per heavy atom. The van der Waals surface area contributed by atoms with Crippen LogP contribution in [0.5, 0.6) is 0 Å². The van der Waals surface area contributed by atoms with Gasteiger partial charge in [0.05, 0.1) is 13.2 Å². The summed E-state index contributed by atoms with van der Waals surface area (Å²) in [6, 6.07) is 0. The highest BCUT2D eigenvalue weighted by Gasteiger charge is 2.44. The number of rotatable bonds is 17. The second-order valence-electron chi connectivity index (χ2n) is 9.82. The highest BCUT2D eigenvalue weighted by molar-refractivity contribution is 5.94. The van der Waals surface area contributed by atoms with E-state index in [2.05, 4.69) is 19.1 Å². The molecule has 10 nitrogen and oxygen atoms in total. The molecule has 1 fully saturated rings. The van der Waals surface area contributed by atoms with Crippen molar-refractivity contribution in [2.45, 2.75) is 102 Å². The first-order valence-electron chi connectivity index (χ1n) is 13.4. The minimum atomic E-state index is -1.57. The molecule has 1 aliphatic carbocycles. The minimum Gasteiger partial charge on any atom is -0.463 e. The van der Waals surface area contributed by atoms with Gasteiger partial charge in [0.1, 0.15) is 37.1 Å². The van der Waals surface area contributed by atoms with Gasteiger partial charge in [0.15, 0.2) is 12.1 Å². The van der Waals surface area contributed by atoms with Gasteiger partial charge in [-0.15, -0.1) is 0 Å². The van der Waals surface area contributed by atoms with Crippen LogP contribution in [0.3, 0.4) is 0 Å². The molecule has 1 heterocycles. The SMILES string of the molecule is CC/C=C\C[C@@H]1C(=O)C=C[C@@H]1CCCCCCCC(=O)OC[C@H](O)CO[C@@H]1O[C@H](CO)[C@H](O)[C@H](O)[C@H]1O. The molecule has 1 aliphatic heterocycles. The molecule has 2 aliphatic rings. The average Bonchev–Trinajstić information content (AvgIpc) is 3.24. The number of unbranched alkanes of at least 4 members (excludes halogenated alkanes) is 4. The molecule has 0 saturated carbocycles. The summed E-state index contributed by atoms with van der Waals surface area (Å²) in [5, 5.41) is 48.6. The van der Waals surface area contributed by atoms with Crippen LogP contribution in [0.2, 0.25) is 0 Å². The lowest BCUT2D eigenvalue weighted by atomic mass is 9.87. The van der Waals surface area contributed by atoms with Gasteiger partial charge in [-0.2, -0.15) is 0 Å². The maximum absolute atomic E-state index is 12.1. The van der Waals surface area contributed by atoms with Crippen molar-refractivity contribution in [1.29, 1.82) is 0 Å². The van der Waals surface area contributed by atoms with Gasteiger partial charge in [-0.05, 0) is 37.7 Å². The minimum absolute atomic E-state index is 0.0792. The van der Waals surface area contributed by atoms with E-state index in [1.54, 1.807) is 6.08 Å². The maximum atomic E-state index is 12.1. The lowest BCUT2D eigenvalue weighted by Crippen LogP contribution is -2.59. The van der Waals surface area contributed by atoms with E-state index < -0.39 is 49.4 Å². The van der Waals surface area contributed by atoms with Crippen LogP contribution in [0.1, 0.15) is 64.7 Å². The first-order valence-corrected chi connectivity index (χ1v) is 13.4. The van der Waals surface area contributed by atoms with Crippen molar-refractivity contribution in [2.24, 2.45) is 11.8 Å². The Morgan fingerprint density at radius 1 is 1.05 bits per heavy atom. The van der Waals surface area contributed by atoms with E-state index in [0.29, 0.717) is 12.3 Å². The summed E-state index contributed by atoms with van der Waals surface area (Å²) in [5.74, 6) is 0.204. The van der Waals surface area contributed by atoms with E-state index in [9.17, 15) is 35.1 Å². The molecule has 0 bridgehead atoms. The topological polar surface area (TPSA) is 163 Å². The van der Waals surface area contributed by atoms with E-state index in [0.717, 1.165) is 44.9 Å². The zero-order chi connectivity index (χ0) is 27.2. The number of hydrogen-bond acceptors (Lipinski definition) is 10. The van der Waals surface area contributed by atoms with Crippen molar-refractivity contribution in [1.82, 2.24) is 0 Å². The zero-order valence-electron chi connectivity index (χ0n) is 21.7. The normalized spacial score (nSPS) is 30.8. The lowest BCUT2D eigenvalue weighted by molar-refractivity contribution is -0.305. The van der Waals surface area contributed by atoms with Gasteiger partial charge in [0, 0.05) is 12.3 Å². The molecule has 212 valence electrons. The van der Waals surface area contributed by atoms with Gasteiger partial charge in [0.2, 0.25) is 0 Å². The number of carbonyl (C=O) groups is 2. The lowest BCUT2D eigenvalue weighted by Gasteiger charge is -2.39. The van der Waals surface area contributed by atoms with Crippen LogP contribution < -0.4 is 0 Å². The summed E-state index contributed by atoms with van der Waals surface area (Å²) in [6.45, 7) is 0.866. The number of hydrogen-bond donors (Lipinski definition) is 5. The third kappa shape index (κ3) is 10.6.